The van der Waals surface area contributed by atoms with Gasteiger partial charge in [-0.15, -0.1) is 0 Å². The molecule has 1 aromatic carbocycles. The molecule has 0 saturated heterocycles. The fourth-order valence-corrected chi connectivity index (χ4v) is 5.21. The van der Waals surface area contributed by atoms with Gasteiger partial charge in [0, 0.05) is 29.5 Å². The van der Waals surface area contributed by atoms with E-state index >= 15 is 0 Å². The minimum atomic E-state index is -3.52. The van der Waals surface area contributed by atoms with Gasteiger partial charge < -0.3 is 0 Å². The van der Waals surface area contributed by atoms with Gasteiger partial charge in [-0.3, -0.25) is 4.98 Å². The first-order valence-corrected chi connectivity index (χ1v) is 9.39. The average Bonchev–Trinajstić information content (AvgIpc) is 3.29. The van der Waals surface area contributed by atoms with Crippen LogP contribution in [0.5, 0.6) is 0 Å². The lowest BCUT2D eigenvalue weighted by Gasteiger charge is -2.22. The molecule has 116 valence electrons. The molecule has 2 aromatic rings. The van der Waals surface area contributed by atoms with Crippen molar-refractivity contribution in [1.29, 1.82) is 0 Å². The fraction of sp³-hybridized carbons (Fsp3) is 0.312. The Morgan fingerprint density at radius 1 is 1.23 bits per heavy atom. The lowest BCUT2D eigenvalue weighted by Crippen LogP contribution is -2.33. The molecule has 0 amide bonds. The normalized spacial score (nSPS) is 15.2. The Kier molecular flexibility index (Phi) is 4.34. The second kappa shape index (κ2) is 6.10. The number of halogens is 1. The van der Waals surface area contributed by atoms with Crippen LogP contribution in [0.15, 0.2) is 52.1 Å². The lowest BCUT2D eigenvalue weighted by atomic mass is 10.2. The summed E-state index contributed by atoms with van der Waals surface area (Å²) >= 11 is 3.39. The van der Waals surface area contributed by atoms with Crippen molar-refractivity contribution < 1.29 is 8.42 Å². The highest BCUT2D eigenvalue weighted by Crippen LogP contribution is 2.35. The van der Waals surface area contributed by atoms with Crippen LogP contribution in [-0.2, 0) is 16.6 Å². The highest BCUT2D eigenvalue weighted by atomic mass is 79.9. The van der Waals surface area contributed by atoms with E-state index < -0.39 is 10.0 Å². The van der Waals surface area contributed by atoms with E-state index in [1.165, 1.54) is 0 Å². The Morgan fingerprint density at radius 3 is 2.50 bits per heavy atom. The molecule has 22 heavy (non-hydrogen) atoms. The summed E-state index contributed by atoms with van der Waals surface area (Å²) in [5, 5.41) is 0. The van der Waals surface area contributed by atoms with Crippen molar-refractivity contribution in [3.8, 4) is 0 Å². The summed E-state index contributed by atoms with van der Waals surface area (Å²) in [4.78, 5) is 4.31. The minimum absolute atomic E-state index is 0.103. The van der Waals surface area contributed by atoms with Crippen molar-refractivity contribution in [2.45, 2.75) is 37.2 Å². The molecule has 0 unspecified atom stereocenters. The van der Waals surface area contributed by atoms with Gasteiger partial charge in [0.05, 0.1) is 4.90 Å². The Bertz CT molecular complexity index is 774. The third kappa shape index (κ3) is 3.24. The van der Waals surface area contributed by atoms with Crippen LogP contribution in [0, 0.1) is 6.92 Å². The van der Waals surface area contributed by atoms with Gasteiger partial charge >= 0.3 is 0 Å². The maximum atomic E-state index is 13.0. The first kappa shape index (κ1) is 15.6. The molecule has 0 aliphatic heterocycles. The quantitative estimate of drug-likeness (QED) is 0.797. The molecule has 1 aliphatic carbocycles. The van der Waals surface area contributed by atoms with E-state index in [4.69, 9.17) is 0 Å². The topological polar surface area (TPSA) is 50.3 Å². The molecule has 1 saturated carbocycles. The second-order valence-corrected chi connectivity index (χ2v) is 8.28. The number of hydrogen-bond acceptors (Lipinski definition) is 3. The van der Waals surface area contributed by atoms with Crippen LogP contribution in [0.3, 0.4) is 0 Å². The van der Waals surface area contributed by atoms with Crippen LogP contribution in [0.1, 0.15) is 24.0 Å². The first-order chi connectivity index (χ1) is 10.5. The zero-order chi connectivity index (χ0) is 15.7. The third-order valence-corrected chi connectivity index (χ3v) is 6.59. The maximum absolute atomic E-state index is 13.0. The SMILES string of the molecule is Cc1ccc(S(=O)(=O)N(Cc2ccncc2)C2CC2)c(Br)c1. The third-order valence-electron chi connectivity index (χ3n) is 3.72. The second-order valence-electron chi connectivity index (χ2n) is 5.57. The number of sulfonamides is 1. The highest BCUT2D eigenvalue weighted by Gasteiger charge is 2.38. The fourth-order valence-electron chi connectivity index (χ4n) is 2.38. The molecule has 1 aliphatic rings. The summed E-state index contributed by atoms with van der Waals surface area (Å²) in [6.07, 6.45) is 5.23. The molecule has 6 heteroatoms. The Morgan fingerprint density at radius 2 is 1.91 bits per heavy atom. The Balaban J connectivity index is 1.96. The van der Waals surface area contributed by atoms with Crippen molar-refractivity contribution >= 4 is 26.0 Å². The van der Waals surface area contributed by atoms with E-state index in [0.29, 0.717) is 15.9 Å². The predicted octanol–water partition coefficient (Wildman–Crippen LogP) is 3.51. The number of aromatic nitrogens is 1. The van der Waals surface area contributed by atoms with Gasteiger partial charge in [0.1, 0.15) is 0 Å². The van der Waals surface area contributed by atoms with Crippen LogP contribution in [0.2, 0.25) is 0 Å². The van der Waals surface area contributed by atoms with Crippen molar-refractivity contribution in [1.82, 2.24) is 9.29 Å². The summed E-state index contributed by atoms with van der Waals surface area (Å²) in [5.41, 5.74) is 1.98. The largest absolute Gasteiger partial charge is 0.265 e. The minimum Gasteiger partial charge on any atom is -0.265 e. The maximum Gasteiger partial charge on any atom is 0.244 e. The molecule has 0 spiro atoms. The van der Waals surface area contributed by atoms with E-state index in [1.807, 2.05) is 31.2 Å². The number of hydrogen-bond donors (Lipinski definition) is 0. The zero-order valence-electron chi connectivity index (χ0n) is 12.2. The molecular weight excluding hydrogens is 364 g/mol. The molecule has 1 aromatic heterocycles. The lowest BCUT2D eigenvalue weighted by molar-refractivity contribution is 0.398. The summed E-state index contributed by atoms with van der Waals surface area (Å²) in [6, 6.07) is 9.16. The Labute approximate surface area is 139 Å². The van der Waals surface area contributed by atoms with Gasteiger partial charge in [-0.25, -0.2) is 8.42 Å². The Hall–Kier alpha value is -1.24. The van der Waals surface area contributed by atoms with E-state index in [0.717, 1.165) is 24.0 Å². The number of benzene rings is 1. The smallest absolute Gasteiger partial charge is 0.244 e. The van der Waals surface area contributed by atoms with Crippen LogP contribution < -0.4 is 0 Å². The summed E-state index contributed by atoms with van der Waals surface area (Å²) in [7, 11) is -3.52. The average molecular weight is 381 g/mol. The van der Waals surface area contributed by atoms with Gasteiger partial charge in [-0.2, -0.15) is 4.31 Å². The molecule has 4 nitrogen and oxygen atoms in total. The number of pyridine rings is 1. The van der Waals surface area contributed by atoms with Crippen LogP contribution in [0.4, 0.5) is 0 Å². The van der Waals surface area contributed by atoms with Crippen LogP contribution >= 0.6 is 15.9 Å². The molecule has 0 radical (unpaired) electrons. The number of nitrogens with zero attached hydrogens (tertiary/aromatic N) is 2. The molecule has 1 fully saturated rings. The van der Waals surface area contributed by atoms with Gasteiger partial charge in [-0.05, 0) is 71.1 Å². The number of rotatable bonds is 5. The van der Waals surface area contributed by atoms with Crippen molar-refractivity contribution in [3.63, 3.8) is 0 Å². The van der Waals surface area contributed by atoms with E-state index in [1.54, 1.807) is 22.8 Å². The van der Waals surface area contributed by atoms with Crippen LogP contribution in [-0.4, -0.2) is 23.7 Å². The van der Waals surface area contributed by atoms with Gasteiger partial charge in [0.2, 0.25) is 10.0 Å². The summed E-state index contributed by atoms with van der Waals surface area (Å²) in [6.45, 7) is 2.33. The predicted molar refractivity (Wildman–Crippen MR) is 88.9 cm³/mol. The molecule has 0 atom stereocenters. The zero-order valence-corrected chi connectivity index (χ0v) is 14.6. The van der Waals surface area contributed by atoms with Gasteiger partial charge in [-0.1, -0.05) is 6.07 Å². The first-order valence-electron chi connectivity index (χ1n) is 7.15. The van der Waals surface area contributed by atoms with E-state index in [9.17, 15) is 8.42 Å². The highest BCUT2D eigenvalue weighted by molar-refractivity contribution is 9.10. The van der Waals surface area contributed by atoms with Gasteiger partial charge in [0.15, 0.2) is 0 Å². The van der Waals surface area contributed by atoms with E-state index in [-0.39, 0.29) is 6.04 Å². The van der Waals surface area contributed by atoms with Crippen molar-refractivity contribution in [2.24, 2.45) is 0 Å². The van der Waals surface area contributed by atoms with Crippen LogP contribution in [0.25, 0.3) is 0 Å². The van der Waals surface area contributed by atoms with Crippen molar-refractivity contribution in [3.05, 3.63) is 58.3 Å². The summed E-state index contributed by atoms with van der Waals surface area (Å²) in [5.74, 6) is 0. The van der Waals surface area contributed by atoms with E-state index in [2.05, 4.69) is 20.9 Å². The molecule has 0 N–H and O–H groups in total. The molecular formula is C16H17BrN2O2S. The molecule has 1 heterocycles. The monoisotopic (exact) mass is 380 g/mol. The molecule has 0 bridgehead atoms. The van der Waals surface area contributed by atoms with Gasteiger partial charge in [0.25, 0.3) is 0 Å². The number of aryl methyl sites for hydroxylation is 1. The summed E-state index contributed by atoms with van der Waals surface area (Å²) < 4.78 is 28.3. The molecule has 3 rings (SSSR count). The standard InChI is InChI=1S/C16H17BrN2O2S/c1-12-2-5-16(15(17)10-12)22(20,21)19(14-3-4-14)11-13-6-8-18-9-7-13/h2,5-10,14H,3-4,11H2,1H3. The van der Waals surface area contributed by atoms with Crippen molar-refractivity contribution in [2.75, 3.05) is 0 Å².